The molecule has 38 heavy (non-hydrogen) atoms. The topological polar surface area (TPSA) is 111 Å². The Morgan fingerprint density at radius 1 is 1.08 bits per heavy atom. The zero-order valence-electron chi connectivity index (χ0n) is 21.8. The van der Waals surface area contributed by atoms with E-state index in [0.29, 0.717) is 45.2 Å². The number of hydrogen-bond donors (Lipinski definition) is 2. The molecular formula is C26H35F2N5O5. The molecule has 12 heteroatoms. The van der Waals surface area contributed by atoms with Crippen molar-refractivity contribution in [3.05, 3.63) is 23.8 Å². The van der Waals surface area contributed by atoms with Crippen LogP contribution in [-0.4, -0.2) is 91.4 Å². The molecule has 1 unspecified atom stereocenters. The van der Waals surface area contributed by atoms with Crippen LogP contribution in [0.4, 0.5) is 20.2 Å². The Bertz CT molecular complexity index is 1050. The second kappa shape index (κ2) is 11.6. The second-order valence-electron chi connectivity index (χ2n) is 10.6. The number of likely N-dealkylation sites (tertiary alicyclic amines) is 1. The lowest BCUT2D eigenvalue weighted by Crippen LogP contribution is -2.59. The SMILES string of the molecule is CC(C)(C1CCN(C(=O)COC=O)CC1)N1CCN(c2c(F)cc(NC3CCC(=O)NC3=O)cc2F)CC1. The molecule has 3 aliphatic rings. The highest BCUT2D eigenvalue weighted by molar-refractivity contribution is 6.01. The van der Waals surface area contributed by atoms with Crippen LogP contribution in [0.25, 0.3) is 0 Å². The third kappa shape index (κ3) is 6.06. The quantitative estimate of drug-likeness (QED) is 0.381. The molecular weight excluding hydrogens is 500 g/mol. The van der Waals surface area contributed by atoms with Crippen LogP contribution < -0.4 is 15.5 Å². The lowest BCUT2D eigenvalue weighted by molar-refractivity contribution is -0.144. The molecule has 4 rings (SSSR count). The molecule has 208 valence electrons. The Morgan fingerprint density at radius 2 is 1.71 bits per heavy atom. The highest BCUT2D eigenvalue weighted by atomic mass is 19.1. The van der Waals surface area contributed by atoms with E-state index in [0.717, 1.165) is 12.8 Å². The normalized spacial score (nSPS) is 21.7. The van der Waals surface area contributed by atoms with E-state index in [1.165, 1.54) is 12.1 Å². The van der Waals surface area contributed by atoms with Gasteiger partial charge in [-0.15, -0.1) is 0 Å². The first kappa shape index (κ1) is 27.7. The first-order chi connectivity index (χ1) is 18.1. The summed E-state index contributed by atoms with van der Waals surface area (Å²) in [6.07, 6.45) is 2.08. The van der Waals surface area contributed by atoms with E-state index in [1.807, 2.05) is 0 Å². The van der Waals surface area contributed by atoms with E-state index in [1.54, 1.807) is 9.80 Å². The highest BCUT2D eigenvalue weighted by Crippen LogP contribution is 2.35. The Hall–Kier alpha value is -3.28. The molecule has 3 saturated heterocycles. The first-order valence-corrected chi connectivity index (χ1v) is 13.0. The Balaban J connectivity index is 1.33. The Kier molecular flexibility index (Phi) is 8.49. The molecule has 0 aliphatic carbocycles. The molecule has 0 aromatic heterocycles. The number of halogens is 2. The number of nitrogens with zero attached hydrogens (tertiary/aromatic N) is 3. The third-order valence-electron chi connectivity index (χ3n) is 8.13. The smallest absolute Gasteiger partial charge is 0.293 e. The largest absolute Gasteiger partial charge is 0.458 e. The third-order valence-corrected chi connectivity index (χ3v) is 8.13. The van der Waals surface area contributed by atoms with Gasteiger partial charge in [0.1, 0.15) is 11.7 Å². The Labute approximate surface area is 220 Å². The van der Waals surface area contributed by atoms with Gasteiger partial charge in [0.05, 0.1) is 0 Å². The number of piperidine rings is 2. The highest BCUT2D eigenvalue weighted by Gasteiger charge is 2.39. The zero-order chi connectivity index (χ0) is 27.4. The lowest BCUT2D eigenvalue weighted by atomic mass is 9.78. The molecule has 3 aliphatic heterocycles. The van der Waals surface area contributed by atoms with Crippen LogP contribution >= 0.6 is 0 Å². The van der Waals surface area contributed by atoms with Gasteiger partial charge in [0, 0.05) is 56.9 Å². The van der Waals surface area contributed by atoms with Gasteiger partial charge in [-0.05, 0) is 51.2 Å². The number of rotatable bonds is 8. The number of benzene rings is 1. The molecule has 1 aromatic rings. The minimum absolute atomic E-state index is 0.0827. The van der Waals surface area contributed by atoms with Crippen LogP contribution in [0.2, 0.25) is 0 Å². The average molecular weight is 536 g/mol. The molecule has 1 aromatic carbocycles. The summed E-state index contributed by atoms with van der Waals surface area (Å²) < 4.78 is 34.7. The first-order valence-electron chi connectivity index (χ1n) is 13.0. The number of ether oxygens (including phenoxy) is 1. The van der Waals surface area contributed by atoms with Crippen molar-refractivity contribution in [2.75, 3.05) is 56.1 Å². The van der Waals surface area contributed by atoms with Gasteiger partial charge in [-0.1, -0.05) is 0 Å². The van der Waals surface area contributed by atoms with Gasteiger partial charge in [0.25, 0.3) is 12.4 Å². The number of anilines is 2. The predicted octanol–water partition coefficient (Wildman–Crippen LogP) is 1.49. The standard InChI is InChI=1S/C26H35F2N5O5/c1-26(2,17-5-7-31(8-6-17)23(36)15-38-16-34)33-11-9-32(10-12-33)24-19(27)13-18(14-20(24)28)29-21-3-4-22(35)30-25(21)37/h13-14,16-17,21,29H,3-12,15H2,1-2H3,(H,30,35,37). The molecule has 1 atom stereocenters. The van der Waals surface area contributed by atoms with Crippen molar-refractivity contribution in [3.63, 3.8) is 0 Å². The van der Waals surface area contributed by atoms with Gasteiger partial charge in [-0.3, -0.25) is 29.4 Å². The summed E-state index contributed by atoms with van der Waals surface area (Å²) in [6, 6.07) is 1.65. The maximum absolute atomic E-state index is 15.1. The van der Waals surface area contributed by atoms with Gasteiger partial charge in [0.15, 0.2) is 18.2 Å². The molecule has 3 fully saturated rings. The summed E-state index contributed by atoms with van der Waals surface area (Å²) in [5.41, 5.74) is -0.0888. The molecule has 0 saturated carbocycles. The van der Waals surface area contributed by atoms with Crippen molar-refractivity contribution in [2.45, 2.75) is 51.1 Å². The second-order valence-corrected chi connectivity index (χ2v) is 10.6. The minimum atomic E-state index is -0.724. The summed E-state index contributed by atoms with van der Waals surface area (Å²) in [6.45, 7) is 7.78. The number of nitrogens with one attached hydrogen (secondary N) is 2. The molecule has 0 spiro atoms. The lowest BCUT2D eigenvalue weighted by Gasteiger charge is -2.50. The van der Waals surface area contributed by atoms with Crippen molar-refractivity contribution < 1.29 is 32.7 Å². The van der Waals surface area contributed by atoms with E-state index >= 15 is 8.78 Å². The summed E-state index contributed by atoms with van der Waals surface area (Å²) in [4.78, 5) is 51.5. The summed E-state index contributed by atoms with van der Waals surface area (Å²) in [5.74, 6) is -2.12. The zero-order valence-corrected chi connectivity index (χ0v) is 21.8. The van der Waals surface area contributed by atoms with E-state index in [4.69, 9.17) is 0 Å². The maximum atomic E-state index is 15.1. The number of carbonyl (C=O) groups is 4. The number of amides is 3. The molecule has 3 amide bonds. The van der Waals surface area contributed by atoms with Crippen LogP contribution in [0.1, 0.15) is 39.5 Å². The van der Waals surface area contributed by atoms with Crippen molar-refractivity contribution in [2.24, 2.45) is 5.92 Å². The van der Waals surface area contributed by atoms with Crippen molar-refractivity contribution in [1.29, 1.82) is 0 Å². The number of imide groups is 1. The van der Waals surface area contributed by atoms with Crippen molar-refractivity contribution in [1.82, 2.24) is 15.1 Å². The van der Waals surface area contributed by atoms with Gasteiger partial charge in [-0.25, -0.2) is 8.78 Å². The molecule has 2 N–H and O–H groups in total. The fraction of sp³-hybridized carbons (Fsp3) is 0.615. The molecule has 10 nitrogen and oxygen atoms in total. The van der Waals surface area contributed by atoms with Gasteiger partial charge in [0.2, 0.25) is 11.8 Å². The van der Waals surface area contributed by atoms with Crippen LogP contribution in [0, 0.1) is 17.6 Å². The van der Waals surface area contributed by atoms with Gasteiger partial charge < -0.3 is 19.9 Å². The average Bonchev–Trinajstić information content (AvgIpc) is 2.89. The molecule has 0 bridgehead atoms. The van der Waals surface area contributed by atoms with Crippen LogP contribution in [-0.2, 0) is 23.9 Å². The number of piperazine rings is 1. The molecule has 0 radical (unpaired) electrons. The summed E-state index contributed by atoms with van der Waals surface area (Å²) >= 11 is 0. The minimum Gasteiger partial charge on any atom is -0.458 e. The van der Waals surface area contributed by atoms with Gasteiger partial charge in [-0.2, -0.15) is 0 Å². The van der Waals surface area contributed by atoms with Crippen LogP contribution in [0.3, 0.4) is 0 Å². The summed E-state index contributed by atoms with van der Waals surface area (Å²) in [7, 11) is 0. The molecule has 3 heterocycles. The van der Waals surface area contributed by atoms with Crippen LogP contribution in [0.5, 0.6) is 0 Å². The monoisotopic (exact) mass is 535 g/mol. The summed E-state index contributed by atoms with van der Waals surface area (Å²) in [5, 5.41) is 5.05. The maximum Gasteiger partial charge on any atom is 0.293 e. The van der Waals surface area contributed by atoms with E-state index in [9.17, 15) is 19.2 Å². The fourth-order valence-electron chi connectivity index (χ4n) is 5.78. The number of carbonyl (C=O) groups excluding carboxylic acids is 4. The Morgan fingerprint density at radius 3 is 2.29 bits per heavy atom. The fourth-order valence-corrected chi connectivity index (χ4v) is 5.78. The van der Waals surface area contributed by atoms with E-state index in [2.05, 4.69) is 34.1 Å². The van der Waals surface area contributed by atoms with Crippen molar-refractivity contribution in [3.8, 4) is 0 Å². The number of hydrogen-bond acceptors (Lipinski definition) is 8. The van der Waals surface area contributed by atoms with E-state index < -0.39 is 23.6 Å². The van der Waals surface area contributed by atoms with Crippen molar-refractivity contribution >= 4 is 35.6 Å². The van der Waals surface area contributed by atoms with E-state index in [-0.39, 0.29) is 54.6 Å². The van der Waals surface area contributed by atoms with Gasteiger partial charge >= 0.3 is 0 Å². The van der Waals surface area contributed by atoms with Crippen LogP contribution in [0.15, 0.2) is 12.1 Å². The predicted molar refractivity (Wildman–Crippen MR) is 135 cm³/mol.